The summed E-state index contributed by atoms with van der Waals surface area (Å²) in [4.78, 5) is 28.9. The van der Waals surface area contributed by atoms with Crippen molar-refractivity contribution in [3.63, 3.8) is 0 Å². The Morgan fingerprint density at radius 2 is 1.97 bits per heavy atom. The molecule has 1 saturated heterocycles. The minimum atomic E-state index is 0.0228. The van der Waals surface area contributed by atoms with Crippen LogP contribution in [0.25, 0.3) is 27.6 Å². The lowest BCUT2D eigenvalue weighted by molar-refractivity contribution is -0.147. The van der Waals surface area contributed by atoms with Crippen LogP contribution < -0.4 is 5.32 Å². The lowest BCUT2D eigenvalue weighted by atomic mass is 10.0. The van der Waals surface area contributed by atoms with Crippen LogP contribution in [0.4, 0.5) is 5.95 Å². The predicted molar refractivity (Wildman–Crippen MR) is 141 cm³/mol. The molecule has 186 valence electrons. The van der Waals surface area contributed by atoms with E-state index in [4.69, 9.17) is 9.72 Å². The van der Waals surface area contributed by atoms with Gasteiger partial charge in [-0.1, -0.05) is 6.07 Å². The summed E-state index contributed by atoms with van der Waals surface area (Å²) in [6.45, 7) is 5.39. The van der Waals surface area contributed by atoms with Crippen molar-refractivity contribution < 1.29 is 9.53 Å². The summed E-state index contributed by atoms with van der Waals surface area (Å²) in [6.07, 6.45) is 6.29. The summed E-state index contributed by atoms with van der Waals surface area (Å²) in [7, 11) is 0. The van der Waals surface area contributed by atoms with Gasteiger partial charge in [0.05, 0.1) is 28.8 Å². The molecule has 1 amide bonds. The smallest absolute Gasteiger partial charge is 0.225 e. The number of morpholine rings is 1. The van der Waals surface area contributed by atoms with Crippen molar-refractivity contribution in [2.24, 2.45) is 5.92 Å². The van der Waals surface area contributed by atoms with Gasteiger partial charge in [-0.15, -0.1) is 0 Å². The van der Waals surface area contributed by atoms with Crippen molar-refractivity contribution in [2.75, 3.05) is 18.4 Å². The summed E-state index contributed by atoms with van der Waals surface area (Å²) >= 11 is 3.55. The average molecular weight is 550 g/mol. The molecule has 4 aromatic rings. The number of carbonyl (C=O) groups excluding carboxylic acids is 1. The molecule has 1 aromatic carbocycles. The van der Waals surface area contributed by atoms with E-state index in [1.807, 2.05) is 47.7 Å². The van der Waals surface area contributed by atoms with Crippen molar-refractivity contribution in [1.29, 1.82) is 0 Å². The molecule has 1 N–H and O–H groups in total. The predicted octanol–water partition coefficient (Wildman–Crippen LogP) is 4.34. The second-order valence-electron chi connectivity index (χ2n) is 9.87. The molecule has 10 heteroatoms. The molecule has 6 rings (SSSR count). The van der Waals surface area contributed by atoms with E-state index in [0.29, 0.717) is 29.3 Å². The number of amides is 1. The van der Waals surface area contributed by atoms with Crippen LogP contribution in [0.3, 0.4) is 0 Å². The van der Waals surface area contributed by atoms with E-state index in [1.54, 1.807) is 12.4 Å². The van der Waals surface area contributed by atoms with Crippen LogP contribution in [-0.2, 0) is 9.53 Å². The van der Waals surface area contributed by atoms with E-state index in [9.17, 15) is 4.79 Å². The van der Waals surface area contributed by atoms with Gasteiger partial charge >= 0.3 is 0 Å². The number of nitrogens with zero attached hydrogens (tertiary/aromatic N) is 6. The zero-order valence-electron chi connectivity index (χ0n) is 20.3. The number of pyridine rings is 1. The van der Waals surface area contributed by atoms with Crippen molar-refractivity contribution in [3.8, 4) is 5.69 Å². The third kappa shape index (κ3) is 4.43. The SMILES string of the molecule is C[C@@H]1CN(C(=O)[C@@H]2CC[C@@H](Nc3ncc4c(Br)nn(-c5ccc6ncccc6c5)c4n3)C2)C[C@@H](C)O1. The maximum absolute atomic E-state index is 13.2. The fourth-order valence-corrected chi connectivity index (χ4v) is 5.89. The molecule has 0 unspecified atom stereocenters. The molecule has 36 heavy (non-hydrogen) atoms. The molecule has 1 aliphatic heterocycles. The van der Waals surface area contributed by atoms with Crippen LogP contribution >= 0.6 is 15.9 Å². The Hall–Kier alpha value is -3.11. The maximum atomic E-state index is 13.2. The topological polar surface area (TPSA) is 98.1 Å². The van der Waals surface area contributed by atoms with Gasteiger partial charge in [-0.05, 0) is 73.3 Å². The molecule has 0 spiro atoms. The highest BCUT2D eigenvalue weighted by atomic mass is 79.9. The Bertz CT molecular complexity index is 1430. The number of nitrogens with one attached hydrogen (secondary N) is 1. The summed E-state index contributed by atoms with van der Waals surface area (Å²) in [5.74, 6) is 0.811. The lowest BCUT2D eigenvalue weighted by Crippen LogP contribution is -2.49. The van der Waals surface area contributed by atoms with Gasteiger partial charge in [0.25, 0.3) is 0 Å². The number of ether oxygens (including phenoxy) is 1. The standard InChI is InChI=1S/C26H28BrN7O2/c1-15-13-33(14-16(2)36-15)25(35)18-5-6-19(10-18)30-26-29-12-21-23(27)32-34(24(21)31-26)20-7-8-22-17(11-20)4-3-9-28-22/h3-4,7-9,11-12,15-16,18-19H,5-6,10,13-14H2,1-2H3,(H,29,30,31)/t15-,16-,18-,19-/m1/s1. The highest BCUT2D eigenvalue weighted by Gasteiger charge is 2.35. The van der Waals surface area contributed by atoms with Crippen LogP contribution in [0.2, 0.25) is 0 Å². The summed E-state index contributed by atoms with van der Waals surface area (Å²) in [5.41, 5.74) is 2.54. The molecule has 0 bridgehead atoms. The van der Waals surface area contributed by atoms with Crippen molar-refractivity contribution >= 4 is 49.7 Å². The van der Waals surface area contributed by atoms with Crippen LogP contribution in [0, 0.1) is 5.92 Å². The largest absolute Gasteiger partial charge is 0.372 e. The van der Waals surface area contributed by atoms with Gasteiger partial charge in [0.15, 0.2) is 5.65 Å². The first-order chi connectivity index (χ1) is 17.4. The minimum Gasteiger partial charge on any atom is -0.372 e. The molecule has 9 nitrogen and oxygen atoms in total. The number of halogens is 1. The molecule has 4 heterocycles. The Morgan fingerprint density at radius 3 is 2.81 bits per heavy atom. The zero-order chi connectivity index (χ0) is 24.8. The van der Waals surface area contributed by atoms with Crippen molar-refractivity contribution in [1.82, 2.24) is 29.6 Å². The van der Waals surface area contributed by atoms with Gasteiger partial charge in [0, 0.05) is 42.8 Å². The second kappa shape index (κ2) is 9.40. The zero-order valence-corrected chi connectivity index (χ0v) is 21.9. The Labute approximate surface area is 217 Å². The fraction of sp³-hybridized carbons (Fsp3) is 0.423. The molecular formula is C26H28BrN7O2. The van der Waals surface area contributed by atoms with Gasteiger partial charge in [-0.25, -0.2) is 9.67 Å². The number of anilines is 1. The number of hydrogen-bond donors (Lipinski definition) is 1. The number of carbonyl (C=O) groups is 1. The van der Waals surface area contributed by atoms with E-state index in [2.05, 4.69) is 42.4 Å². The van der Waals surface area contributed by atoms with Crippen LogP contribution in [0.1, 0.15) is 33.1 Å². The number of hydrogen-bond acceptors (Lipinski definition) is 7. The van der Waals surface area contributed by atoms with E-state index in [1.165, 1.54) is 0 Å². The first kappa shape index (κ1) is 23.3. The molecule has 0 radical (unpaired) electrons. The van der Waals surface area contributed by atoms with E-state index < -0.39 is 0 Å². The van der Waals surface area contributed by atoms with Crippen LogP contribution in [-0.4, -0.2) is 66.9 Å². The molecule has 1 aliphatic carbocycles. The number of benzene rings is 1. The van der Waals surface area contributed by atoms with Gasteiger partial charge in [-0.2, -0.15) is 10.1 Å². The van der Waals surface area contributed by atoms with Gasteiger partial charge in [0.1, 0.15) is 4.60 Å². The quantitative estimate of drug-likeness (QED) is 0.404. The van der Waals surface area contributed by atoms with Crippen molar-refractivity contribution in [2.45, 2.75) is 51.4 Å². The third-order valence-corrected chi connectivity index (χ3v) is 7.64. The van der Waals surface area contributed by atoms with E-state index >= 15 is 0 Å². The van der Waals surface area contributed by atoms with E-state index in [-0.39, 0.29) is 30.1 Å². The molecule has 2 aliphatic rings. The Balaban J connectivity index is 1.21. The van der Waals surface area contributed by atoms with E-state index in [0.717, 1.165) is 41.2 Å². The maximum Gasteiger partial charge on any atom is 0.225 e. The second-order valence-corrected chi connectivity index (χ2v) is 10.6. The molecule has 1 saturated carbocycles. The monoisotopic (exact) mass is 549 g/mol. The third-order valence-electron chi connectivity index (χ3n) is 7.06. The number of aromatic nitrogens is 5. The normalized spacial score (nSPS) is 24.5. The van der Waals surface area contributed by atoms with Crippen molar-refractivity contribution in [3.05, 3.63) is 47.3 Å². The molecule has 4 atom stereocenters. The summed E-state index contributed by atoms with van der Waals surface area (Å²) in [5, 5.41) is 10.0. The van der Waals surface area contributed by atoms with Crippen LogP contribution in [0.5, 0.6) is 0 Å². The Morgan fingerprint density at radius 1 is 1.14 bits per heavy atom. The first-order valence-corrected chi connectivity index (χ1v) is 13.2. The molecule has 2 fully saturated rings. The van der Waals surface area contributed by atoms with Gasteiger partial charge < -0.3 is 15.0 Å². The lowest BCUT2D eigenvalue weighted by Gasteiger charge is -2.36. The average Bonchev–Trinajstić information content (AvgIpc) is 3.47. The highest BCUT2D eigenvalue weighted by Crippen LogP contribution is 2.31. The van der Waals surface area contributed by atoms with Gasteiger partial charge in [0.2, 0.25) is 11.9 Å². The minimum absolute atomic E-state index is 0.0228. The summed E-state index contributed by atoms with van der Waals surface area (Å²) < 4.78 is 8.30. The first-order valence-electron chi connectivity index (χ1n) is 12.4. The molecule has 3 aromatic heterocycles. The molecular weight excluding hydrogens is 522 g/mol. The number of fused-ring (bicyclic) bond motifs is 2. The Kier molecular flexibility index (Phi) is 6.08. The van der Waals surface area contributed by atoms with Crippen LogP contribution in [0.15, 0.2) is 47.3 Å². The fourth-order valence-electron chi connectivity index (χ4n) is 5.45. The summed E-state index contributed by atoms with van der Waals surface area (Å²) in [6, 6.07) is 10.1. The van der Waals surface area contributed by atoms with Gasteiger partial charge in [-0.3, -0.25) is 9.78 Å². The number of rotatable bonds is 4. The highest BCUT2D eigenvalue weighted by molar-refractivity contribution is 9.10.